The Labute approximate surface area is 192 Å². The van der Waals surface area contributed by atoms with Crippen molar-refractivity contribution in [3.8, 4) is 0 Å². The first kappa shape index (κ1) is 26.5. The van der Waals surface area contributed by atoms with E-state index in [1.165, 1.54) is 19.0 Å². The third kappa shape index (κ3) is 6.40. The van der Waals surface area contributed by atoms with Crippen molar-refractivity contribution in [2.45, 2.75) is 58.3 Å². The summed E-state index contributed by atoms with van der Waals surface area (Å²) in [6.45, 7) is 3.85. The van der Waals surface area contributed by atoms with Crippen LogP contribution in [0.4, 0.5) is 5.82 Å². The molecule has 1 saturated heterocycles. The van der Waals surface area contributed by atoms with Crippen LogP contribution in [-0.2, 0) is 42.9 Å². The van der Waals surface area contributed by atoms with Gasteiger partial charge in [-0.15, -0.1) is 5.10 Å². The molecule has 1 aliphatic heterocycles. The summed E-state index contributed by atoms with van der Waals surface area (Å²) in [6, 6.07) is 0. The standard InChI is InChI=1S/C19H26N4O11/c1-8(24)30-7-12-13(31-9(2)25)14(32-10(3)26)15(33-11(4)27)18(34-12)23-19(29)20-17(28)16(21-23)22(5)6/h12-15,18H,7H2,1-6H3,(H,20,28,29). The quantitative estimate of drug-likeness (QED) is 0.338. The average Bonchev–Trinajstić information content (AvgIpc) is 2.68. The van der Waals surface area contributed by atoms with Gasteiger partial charge in [-0.3, -0.25) is 29.0 Å². The number of carbonyl (C=O) groups excluding carboxylic acids is 4. The lowest BCUT2D eigenvalue weighted by Crippen LogP contribution is -2.62. The second kappa shape index (κ2) is 10.9. The normalized spacial score (nSPS) is 24.0. The molecule has 0 aliphatic carbocycles. The molecule has 0 radical (unpaired) electrons. The number of carbonyl (C=O) groups is 4. The van der Waals surface area contributed by atoms with Crippen molar-refractivity contribution in [2.75, 3.05) is 25.6 Å². The second-order valence-corrected chi connectivity index (χ2v) is 7.51. The zero-order valence-corrected chi connectivity index (χ0v) is 19.4. The van der Waals surface area contributed by atoms with Gasteiger partial charge < -0.3 is 28.6 Å². The lowest BCUT2D eigenvalue weighted by molar-refractivity contribution is -0.271. The van der Waals surface area contributed by atoms with Gasteiger partial charge in [-0.25, -0.2) is 4.79 Å². The predicted molar refractivity (Wildman–Crippen MR) is 111 cm³/mol. The third-order valence-electron chi connectivity index (χ3n) is 4.47. The molecular weight excluding hydrogens is 460 g/mol. The number of hydrogen-bond acceptors (Lipinski definition) is 13. The van der Waals surface area contributed by atoms with Crippen molar-refractivity contribution in [1.82, 2.24) is 14.8 Å². The molecule has 1 aliphatic rings. The summed E-state index contributed by atoms with van der Waals surface area (Å²) in [7, 11) is 3.00. The van der Waals surface area contributed by atoms with Crippen LogP contribution in [0.2, 0.25) is 0 Å². The van der Waals surface area contributed by atoms with Crippen molar-refractivity contribution in [1.29, 1.82) is 0 Å². The van der Waals surface area contributed by atoms with Gasteiger partial charge in [0.2, 0.25) is 5.82 Å². The second-order valence-electron chi connectivity index (χ2n) is 7.51. The molecule has 1 fully saturated rings. The Balaban J connectivity index is 2.70. The van der Waals surface area contributed by atoms with Crippen molar-refractivity contribution < 1.29 is 42.9 Å². The van der Waals surface area contributed by atoms with Crippen LogP contribution in [0, 0.1) is 0 Å². The van der Waals surface area contributed by atoms with Crippen LogP contribution in [0.15, 0.2) is 9.59 Å². The van der Waals surface area contributed by atoms with Crippen LogP contribution >= 0.6 is 0 Å². The summed E-state index contributed by atoms with van der Waals surface area (Å²) >= 11 is 0. The fourth-order valence-corrected chi connectivity index (χ4v) is 3.27. The van der Waals surface area contributed by atoms with Gasteiger partial charge in [0, 0.05) is 41.8 Å². The molecule has 1 aromatic heterocycles. The fraction of sp³-hybridized carbons (Fsp3) is 0.632. The lowest BCUT2D eigenvalue weighted by Gasteiger charge is -2.44. The van der Waals surface area contributed by atoms with Gasteiger partial charge in [0.15, 0.2) is 24.5 Å². The summed E-state index contributed by atoms with van der Waals surface area (Å²) in [4.78, 5) is 75.1. The van der Waals surface area contributed by atoms with E-state index in [2.05, 4.69) is 10.1 Å². The number of nitrogens with zero attached hydrogens (tertiary/aromatic N) is 3. The monoisotopic (exact) mass is 486 g/mol. The topological polar surface area (TPSA) is 185 Å². The average molecular weight is 486 g/mol. The Kier molecular flexibility index (Phi) is 8.51. The van der Waals surface area contributed by atoms with E-state index in [0.29, 0.717) is 4.68 Å². The van der Waals surface area contributed by atoms with Gasteiger partial charge in [-0.2, -0.15) is 4.68 Å². The molecule has 34 heavy (non-hydrogen) atoms. The number of hydrogen-bond donors (Lipinski definition) is 1. The SMILES string of the molecule is CC(=O)OCC1OC(n2nc(N(C)C)c(=O)[nH]c2=O)C(OC(C)=O)C(OC(C)=O)C1OC(C)=O. The molecule has 0 saturated carbocycles. The molecule has 15 heteroatoms. The number of aromatic amines is 1. The Bertz CT molecular complexity index is 1060. The Hall–Kier alpha value is -3.75. The molecular formula is C19H26N4O11. The minimum Gasteiger partial charge on any atom is -0.463 e. The highest BCUT2D eigenvalue weighted by molar-refractivity contribution is 5.68. The van der Waals surface area contributed by atoms with Gasteiger partial charge in [-0.05, 0) is 0 Å². The van der Waals surface area contributed by atoms with Crippen LogP contribution in [0.1, 0.15) is 33.9 Å². The van der Waals surface area contributed by atoms with Crippen molar-refractivity contribution in [3.05, 3.63) is 20.8 Å². The fourth-order valence-electron chi connectivity index (χ4n) is 3.27. The van der Waals surface area contributed by atoms with E-state index in [9.17, 15) is 28.8 Å². The summed E-state index contributed by atoms with van der Waals surface area (Å²) in [6.07, 6.45) is -7.30. The van der Waals surface area contributed by atoms with Gasteiger partial charge in [0.05, 0.1) is 0 Å². The number of nitrogens with one attached hydrogen (secondary N) is 1. The maximum atomic E-state index is 12.6. The molecule has 188 valence electrons. The zero-order valence-electron chi connectivity index (χ0n) is 19.4. The number of rotatable bonds is 7. The maximum Gasteiger partial charge on any atom is 0.347 e. The van der Waals surface area contributed by atoms with Crippen molar-refractivity contribution in [3.63, 3.8) is 0 Å². The van der Waals surface area contributed by atoms with Crippen LogP contribution < -0.4 is 16.1 Å². The lowest BCUT2D eigenvalue weighted by atomic mass is 9.97. The predicted octanol–water partition coefficient (Wildman–Crippen LogP) is -1.75. The smallest absolute Gasteiger partial charge is 0.347 e. The van der Waals surface area contributed by atoms with Crippen LogP contribution in [0.5, 0.6) is 0 Å². The first-order chi connectivity index (χ1) is 15.8. The minimum absolute atomic E-state index is 0.188. The summed E-state index contributed by atoms with van der Waals surface area (Å²) in [5, 5.41) is 4.00. The van der Waals surface area contributed by atoms with Gasteiger partial charge in [-0.1, -0.05) is 0 Å². The molecule has 0 bridgehead atoms. The summed E-state index contributed by atoms with van der Waals surface area (Å²) in [5.74, 6) is -3.36. The molecule has 15 nitrogen and oxygen atoms in total. The van der Waals surface area contributed by atoms with Gasteiger partial charge >= 0.3 is 29.6 Å². The van der Waals surface area contributed by atoms with E-state index in [1.807, 2.05) is 0 Å². The van der Waals surface area contributed by atoms with E-state index in [4.69, 9.17) is 23.7 Å². The van der Waals surface area contributed by atoms with Crippen molar-refractivity contribution in [2.24, 2.45) is 0 Å². The molecule has 0 spiro atoms. The number of ether oxygens (including phenoxy) is 5. The first-order valence-corrected chi connectivity index (χ1v) is 10.0. The third-order valence-corrected chi connectivity index (χ3v) is 4.47. The Morgan fingerprint density at radius 3 is 1.94 bits per heavy atom. The number of H-pyrrole nitrogens is 1. The minimum atomic E-state index is -1.58. The van der Waals surface area contributed by atoms with Crippen LogP contribution in [-0.4, -0.2) is 83.8 Å². The molecule has 0 aromatic carbocycles. The van der Waals surface area contributed by atoms with Gasteiger partial charge in [0.1, 0.15) is 12.7 Å². The highest BCUT2D eigenvalue weighted by Gasteiger charge is 2.53. The molecule has 2 heterocycles. The molecule has 1 aromatic rings. The van der Waals surface area contributed by atoms with E-state index in [0.717, 1.165) is 27.7 Å². The zero-order chi connectivity index (χ0) is 25.7. The molecule has 2 rings (SSSR count). The highest BCUT2D eigenvalue weighted by atomic mass is 16.7. The number of esters is 4. The van der Waals surface area contributed by atoms with E-state index in [-0.39, 0.29) is 5.82 Å². The van der Waals surface area contributed by atoms with Crippen molar-refractivity contribution >= 4 is 29.7 Å². The summed E-state index contributed by atoms with van der Waals surface area (Å²) in [5.41, 5.74) is -1.83. The van der Waals surface area contributed by atoms with E-state index in [1.54, 1.807) is 0 Å². The highest BCUT2D eigenvalue weighted by Crippen LogP contribution is 2.33. The summed E-state index contributed by atoms with van der Waals surface area (Å²) < 4.78 is 27.4. The van der Waals surface area contributed by atoms with Gasteiger partial charge in [0.25, 0.3) is 5.56 Å². The first-order valence-electron chi connectivity index (χ1n) is 10.0. The Morgan fingerprint density at radius 1 is 0.912 bits per heavy atom. The van der Waals surface area contributed by atoms with E-state index < -0.39 is 72.4 Å². The van der Waals surface area contributed by atoms with Crippen LogP contribution in [0.25, 0.3) is 0 Å². The molecule has 5 unspecified atom stereocenters. The van der Waals surface area contributed by atoms with E-state index >= 15 is 0 Å². The molecule has 5 atom stereocenters. The number of anilines is 1. The van der Waals surface area contributed by atoms with Crippen LogP contribution in [0.3, 0.4) is 0 Å². The number of aromatic nitrogens is 3. The molecule has 1 N–H and O–H groups in total. The Morgan fingerprint density at radius 2 is 1.44 bits per heavy atom. The maximum absolute atomic E-state index is 12.6. The largest absolute Gasteiger partial charge is 0.463 e. The molecule has 0 amide bonds.